The lowest BCUT2D eigenvalue weighted by atomic mass is 9.96. The van der Waals surface area contributed by atoms with Crippen molar-refractivity contribution in [2.45, 2.75) is 70.1 Å². The van der Waals surface area contributed by atoms with Gasteiger partial charge in [0.15, 0.2) is 5.76 Å². The Balaban J connectivity index is 1.34. The van der Waals surface area contributed by atoms with Gasteiger partial charge >= 0.3 is 6.09 Å². The standard InChI is InChI=1S/C34H41N3O5/c1-23(35(5)33(40)42-34(2,3)4)29-16-17-30(41-29)32(39)37-22-27(25-14-10-7-11-15-25)20-28(37)31(38)36-19-18-26(21-36)24-12-8-6-9-13-24/h6-17,23,26-28H,18-22H2,1-5H3/t23?,26-,27-,28-/m0/s1. The van der Waals surface area contributed by atoms with E-state index in [4.69, 9.17) is 9.15 Å². The van der Waals surface area contributed by atoms with Crippen LogP contribution < -0.4 is 0 Å². The van der Waals surface area contributed by atoms with Crippen LogP contribution in [0.25, 0.3) is 0 Å². The number of hydrogen-bond donors (Lipinski definition) is 0. The van der Waals surface area contributed by atoms with Gasteiger partial charge in [-0.3, -0.25) is 9.59 Å². The summed E-state index contributed by atoms with van der Waals surface area (Å²) >= 11 is 0. The molecule has 222 valence electrons. The van der Waals surface area contributed by atoms with Gasteiger partial charge < -0.3 is 23.9 Å². The first kappa shape index (κ1) is 29.4. The van der Waals surface area contributed by atoms with Crippen molar-refractivity contribution in [2.24, 2.45) is 0 Å². The molecule has 0 bridgehead atoms. The highest BCUT2D eigenvalue weighted by Crippen LogP contribution is 2.36. The lowest BCUT2D eigenvalue weighted by molar-refractivity contribution is -0.134. The predicted molar refractivity (Wildman–Crippen MR) is 160 cm³/mol. The van der Waals surface area contributed by atoms with Crippen molar-refractivity contribution in [1.29, 1.82) is 0 Å². The molecule has 2 aromatic carbocycles. The number of furan rings is 1. The number of rotatable bonds is 6. The number of amides is 3. The van der Waals surface area contributed by atoms with Crippen molar-refractivity contribution < 1.29 is 23.5 Å². The molecule has 0 radical (unpaired) electrons. The molecule has 42 heavy (non-hydrogen) atoms. The maximum atomic E-state index is 14.0. The molecule has 8 heteroatoms. The van der Waals surface area contributed by atoms with Gasteiger partial charge in [-0.2, -0.15) is 0 Å². The fourth-order valence-corrected chi connectivity index (χ4v) is 5.95. The average molecular weight is 572 g/mol. The molecule has 5 rings (SSSR count). The van der Waals surface area contributed by atoms with Crippen LogP contribution in [0.3, 0.4) is 0 Å². The van der Waals surface area contributed by atoms with Crippen LogP contribution >= 0.6 is 0 Å². The monoisotopic (exact) mass is 571 g/mol. The van der Waals surface area contributed by atoms with Crippen molar-refractivity contribution >= 4 is 17.9 Å². The normalized spacial score (nSPS) is 21.3. The Morgan fingerprint density at radius 3 is 2.14 bits per heavy atom. The first-order chi connectivity index (χ1) is 20.0. The number of benzene rings is 2. The molecule has 3 aromatic rings. The quantitative estimate of drug-likeness (QED) is 0.351. The highest BCUT2D eigenvalue weighted by atomic mass is 16.6. The van der Waals surface area contributed by atoms with Crippen LogP contribution in [-0.4, -0.2) is 70.9 Å². The van der Waals surface area contributed by atoms with Gasteiger partial charge in [0, 0.05) is 38.5 Å². The fourth-order valence-electron chi connectivity index (χ4n) is 5.95. The van der Waals surface area contributed by atoms with Gasteiger partial charge in [-0.25, -0.2) is 4.79 Å². The van der Waals surface area contributed by atoms with Crippen LogP contribution in [0.1, 0.15) is 85.9 Å². The van der Waals surface area contributed by atoms with E-state index in [1.807, 2.05) is 69.0 Å². The minimum atomic E-state index is -0.627. The van der Waals surface area contributed by atoms with Crippen LogP contribution in [0, 0.1) is 0 Å². The van der Waals surface area contributed by atoms with Crippen molar-refractivity contribution in [3.63, 3.8) is 0 Å². The van der Waals surface area contributed by atoms with Gasteiger partial charge in [-0.15, -0.1) is 0 Å². The Hall–Kier alpha value is -4.07. The minimum Gasteiger partial charge on any atom is -0.454 e. The van der Waals surface area contributed by atoms with E-state index in [0.29, 0.717) is 37.7 Å². The van der Waals surface area contributed by atoms with E-state index in [-0.39, 0.29) is 23.5 Å². The summed E-state index contributed by atoms with van der Waals surface area (Å²) in [5.41, 5.74) is 1.73. The molecular formula is C34H41N3O5. The molecule has 1 unspecified atom stereocenters. The summed E-state index contributed by atoms with van der Waals surface area (Å²) in [6, 6.07) is 22.7. The minimum absolute atomic E-state index is 0.00924. The predicted octanol–water partition coefficient (Wildman–Crippen LogP) is 6.22. The highest BCUT2D eigenvalue weighted by Gasteiger charge is 2.44. The van der Waals surface area contributed by atoms with Crippen LogP contribution in [0.15, 0.2) is 77.2 Å². The van der Waals surface area contributed by atoms with Gasteiger partial charge in [-0.1, -0.05) is 60.7 Å². The molecule has 2 aliphatic heterocycles. The van der Waals surface area contributed by atoms with Crippen LogP contribution in [0.5, 0.6) is 0 Å². The van der Waals surface area contributed by atoms with Crippen molar-refractivity contribution in [1.82, 2.24) is 14.7 Å². The van der Waals surface area contributed by atoms with Gasteiger partial charge in [0.1, 0.15) is 17.4 Å². The Morgan fingerprint density at radius 2 is 1.52 bits per heavy atom. The van der Waals surface area contributed by atoms with E-state index >= 15 is 0 Å². The average Bonchev–Trinajstić information content (AvgIpc) is 3.76. The van der Waals surface area contributed by atoms with Crippen LogP contribution in [-0.2, 0) is 9.53 Å². The van der Waals surface area contributed by atoms with E-state index in [0.717, 1.165) is 12.0 Å². The number of nitrogens with zero attached hydrogens (tertiary/aromatic N) is 3. The molecule has 3 amide bonds. The van der Waals surface area contributed by atoms with Crippen LogP contribution in [0.4, 0.5) is 4.79 Å². The number of carbonyl (C=O) groups is 3. The molecule has 0 spiro atoms. The molecule has 2 saturated heterocycles. The van der Waals surface area contributed by atoms with E-state index in [1.165, 1.54) is 10.5 Å². The van der Waals surface area contributed by atoms with Gasteiger partial charge in [0.2, 0.25) is 5.91 Å². The lowest BCUT2D eigenvalue weighted by Crippen LogP contribution is -2.47. The Morgan fingerprint density at radius 1 is 0.905 bits per heavy atom. The smallest absolute Gasteiger partial charge is 0.410 e. The summed E-state index contributed by atoms with van der Waals surface area (Å²) in [4.78, 5) is 45.5. The first-order valence-electron chi connectivity index (χ1n) is 14.8. The lowest BCUT2D eigenvalue weighted by Gasteiger charge is -2.28. The van der Waals surface area contributed by atoms with Gasteiger partial charge in [0.25, 0.3) is 5.91 Å². The molecule has 1 aromatic heterocycles. The zero-order chi connectivity index (χ0) is 30.0. The molecule has 3 heterocycles. The van der Waals surface area contributed by atoms with Gasteiger partial charge in [-0.05, 0) is 63.8 Å². The largest absolute Gasteiger partial charge is 0.454 e. The molecule has 0 aliphatic carbocycles. The maximum Gasteiger partial charge on any atom is 0.410 e. The number of carbonyl (C=O) groups excluding carboxylic acids is 3. The molecule has 4 atom stereocenters. The molecule has 2 fully saturated rings. The number of ether oxygens (including phenoxy) is 1. The third-order valence-electron chi connectivity index (χ3n) is 8.40. The first-order valence-corrected chi connectivity index (χ1v) is 14.8. The summed E-state index contributed by atoms with van der Waals surface area (Å²) in [5, 5.41) is 0. The molecule has 2 aliphatic rings. The molecule has 0 N–H and O–H groups in total. The maximum absolute atomic E-state index is 14.0. The Kier molecular flexibility index (Phi) is 8.43. The molecule has 0 saturated carbocycles. The number of hydrogen-bond acceptors (Lipinski definition) is 5. The van der Waals surface area contributed by atoms with E-state index in [1.54, 1.807) is 24.1 Å². The summed E-state index contributed by atoms with van der Waals surface area (Å²) in [5.74, 6) is 0.641. The summed E-state index contributed by atoms with van der Waals surface area (Å²) < 4.78 is 11.5. The fraction of sp³-hybridized carbons (Fsp3) is 0.441. The topological polar surface area (TPSA) is 83.3 Å². The third-order valence-corrected chi connectivity index (χ3v) is 8.40. The van der Waals surface area contributed by atoms with Crippen molar-refractivity contribution in [3.8, 4) is 0 Å². The van der Waals surface area contributed by atoms with E-state index in [2.05, 4.69) is 24.3 Å². The number of likely N-dealkylation sites (tertiary alicyclic amines) is 2. The SMILES string of the molecule is CC(c1ccc(C(=O)N2C[C@@H](c3ccccc3)C[C@H]2C(=O)N2CC[C@H](c3ccccc3)C2)o1)N(C)C(=O)OC(C)(C)C. The van der Waals surface area contributed by atoms with Crippen molar-refractivity contribution in [3.05, 3.63) is 95.4 Å². The van der Waals surface area contributed by atoms with E-state index in [9.17, 15) is 14.4 Å². The van der Waals surface area contributed by atoms with E-state index < -0.39 is 23.8 Å². The summed E-state index contributed by atoms with van der Waals surface area (Å²) in [6.45, 7) is 9.01. The second kappa shape index (κ2) is 12.0. The second-order valence-electron chi connectivity index (χ2n) is 12.5. The summed E-state index contributed by atoms with van der Waals surface area (Å²) in [6.07, 6.45) is 0.991. The highest BCUT2D eigenvalue weighted by molar-refractivity contribution is 5.96. The second-order valence-corrected chi connectivity index (χ2v) is 12.5. The third kappa shape index (κ3) is 6.37. The molecular weight excluding hydrogens is 530 g/mol. The zero-order valence-electron chi connectivity index (χ0n) is 25.2. The van der Waals surface area contributed by atoms with Crippen molar-refractivity contribution in [2.75, 3.05) is 26.7 Å². The summed E-state index contributed by atoms with van der Waals surface area (Å²) in [7, 11) is 1.64. The Labute approximate surface area is 248 Å². The zero-order valence-corrected chi connectivity index (χ0v) is 25.2. The Bertz CT molecular complexity index is 1400. The van der Waals surface area contributed by atoms with Gasteiger partial charge in [0.05, 0.1) is 6.04 Å². The van der Waals surface area contributed by atoms with Crippen LogP contribution in [0.2, 0.25) is 0 Å². The molecule has 8 nitrogen and oxygen atoms in total.